The first-order valence-electron chi connectivity index (χ1n) is 8.47. The van der Waals surface area contributed by atoms with Crippen LogP contribution in [0.1, 0.15) is 37.3 Å². The fourth-order valence-corrected chi connectivity index (χ4v) is 3.06. The summed E-state index contributed by atoms with van der Waals surface area (Å²) < 4.78 is 5.50. The van der Waals surface area contributed by atoms with E-state index in [0.717, 1.165) is 24.4 Å². The highest BCUT2D eigenvalue weighted by atomic mass is 127. The topological polar surface area (TPSA) is 54.1 Å². The molecule has 2 N–H and O–H groups in total. The molecule has 1 atom stereocenters. The molecule has 2 rings (SSSR count). The molecule has 24 heavy (non-hydrogen) atoms. The molecule has 1 unspecified atom stereocenters. The van der Waals surface area contributed by atoms with Crippen molar-refractivity contribution < 1.29 is 4.74 Å². The largest absolute Gasteiger partial charge is 0.496 e. The smallest absolute Gasteiger partial charge is 0.191 e. The first-order chi connectivity index (χ1) is 11.1. The molecule has 1 aromatic rings. The fraction of sp³-hybridized carbons (Fsp3) is 0.611. The summed E-state index contributed by atoms with van der Waals surface area (Å²) in [5.74, 6) is 1.57. The molecule has 6 heteroatoms. The molecule has 1 aliphatic rings. The van der Waals surface area contributed by atoms with Gasteiger partial charge in [-0.05, 0) is 33.0 Å². The van der Waals surface area contributed by atoms with Crippen molar-refractivity contribution in [3.05, 3.63) is 29.8 Å². The third-order valence-electron chi connectivity index (χ3n) is 4.48. The Morgan fingerprint density at radius 1 is 1.21 bits per heavy atom. The van der Waals surface area contributed by atoms with Gasteiger partial charge in [-0.1, -0.05) is 31.0 Å². The zero-order valence-electron chi connectivity index (χ0n) is 15.1. The molecule has 0 saturated carbocycles. The maximum Gasteiger partial charge on any atom is 0.191 e. The number of aliphatic imine (C=N–C) groups is 1. The monoisotopic (exact) mass is 446 g/mol. The van der Waals surface area contributed by atoms with Gasteiger partial charge in [-0.2, -0.15) is 0 Å². The molecule has 1 fully saturated rings. The molecule has 5 nitrogen and oxygen atoms in total. The maximum absolute atomic E-state index is 6.24. The van der Waals surface area contributed by atoms with Crippen molar-refractivity contribution in [1.82, 2.24) is 9.80 Å². The van der Waals surface area contributed by atoms with E-state index in [0.29, 0.717) is 12.5 Å². The Hall–Kier alpha value is -1.02. The molecule has 0 aliphatic carbocycles. The minimum absolute atomic E-state index is 0. The van der Waals surface area contributed by atoms with Gasteiger partial charge in [0.15, 0.2) is 5.96 Å². The molecule has 0 amide bonds. The zero-order chi connectivity index (χ0) is 16.7. The Kier molecular flexibility index (Phi) is 9.43. The van der Waals surface area contributed by atoms with Crippen LogP contribution in [0.3, 0.4) is 0 Å². The average Bonchev–Trinajstić information content (AvgIpc) is 2.84. The first-order valence-corrected chi connectivity index (χ1v) is 8.47. The molecule has 0 aromatic heterocycles. The van der Waals surface area contributed by atoms with Crippen LogP contribution < -0.4 is 10.5 Å². The molecular formula is C18H31IN4O. The number of halogens is 1. The highest BCUT2D eigenvalue weighted by Crippen LogP contribution is 2.28. The van der Waals surface area contributed by atoms with E-state index in [9.17, 15) is 0 Å². The number of ether oxygens (including phenoxy) is 1. The van der Waals surface area contributed by atoms with Crippen LogP contribution in [-0.2, 0) is 0 Å². The lowest BCUT2D eigenvalue weighted by atomic mass is 10.0. The molecular weight excluding hydrogens is 415 g/mol. The average molecular weight is 446 g/mol. The van der Waals surface area contributed by atoms with Gasteiger partial charge in [0.25, 0.3) is 0 Å². The molecule has 1 aliphatic heterocycles. The predicted octanol–water partition coefficient (Wildman–Crippen LogP) is 3.11. The van der Waals surface area contributed by atoms with Gasteiger partial charge in [-0.3, -0.25) is 4.99 Å². The SMILES string of the molecule is COc1ccccc1C(CN=C(N)N1CCCCCC1)N(C)C.I. The van der Waals surface area contributed by atoms with Crippen LogP contribution in [0.4, 0.5) is 0 Å². The van der Waals surface area contributed by atoms with E-state index < -0.39 is 0 Å². The number of guanidine groups is 1. The molecule has 1 heterocycles. The van der Waals surface area contributed by atoms with Crippen LogP contribution in [0.15, 0.2) is 29.3 Å². The van der Waals surface area contributed by atoms with Crippen LogP contribution in [0, 0.1) is 0 Å². The van der Waals surface area contributed by atoms with E-state index in [1.54, 1.807) is 7.11 Å². The predicted molar refractivity (Wildman–Crippen MR) is 111 cm³/mol. The van der Waals surface area contributed by atoms with Gasteiger partial charge in [0.2, 0.25) is 0 Å². The van der Waals surface area contributed by atoms with Gasteiger partial charge >= 0.3 is 0 Å². The van der Waals surface area contributed by atoms with E-state index in [2.05, 4.69) is 35.0 Å². The summed E-state index contributed by atoms with van der Waals surface area (Å²) in [6.45, 7) is 2.68. The van der Waals surface area contributed by atoms with Crippen molar-refractivity contribution in [3.63, 3.8) is 0 Å². The second kappa shape index (κ2) is 10.8. The number of likely N-dealkylation sites (tertiary alicyclic amines) is 1. The fourth-order valence-electron chi connectivity index (χ4n) is 3.06. The Balaban J connectivity index is 0.00000288. The first kappa shape index (κ1) is 21.0. The van der Waals surface area contributed by atoms with E-state index in [-0.39, 0.29) is 30.0 Å². The van der Waals surface area contributed by atoms with Crippen LogP contribution in [-0.4, -0.2) is 56.6 Å². The number of likely N-dealkylation sites (N-methyl/N-ethyl adjacent to an activating group) is 1. The lowest BCUT2D eigenvalue weighted by Gasteiger charge is -2.26. The Labute approximate surface area is 163 Å². The summed E-state index contributed by atoms with van der Waals surface area (Å²) in [5, 5.41) is 0. The normalized spacial score (nSPS) is 17.2. The summed E-state index contributed by atoms with van der Waals surface area (Å²) in [6.07, 6.45) is 5.01. The van der Waals surface area contributed by atoms with Crippen LogP contribution in [0.5, 0.6) is 5.75 Å². The van der Waals surface area contributed by atoms with Gasteiger partial charge in [0.1, 0.15) is 5.75 Å². The van der Waals surface area contributed by atoms with Crippen molar-refractivity contribution >= 4 is 29.9 Å². The lowest BCUT2D eigenvalue weighted by Crippen LogP contribution is -2.38. The number of methoxy groups -OCH3 is 1. The molecule has 1 aromatic carbocycles. The Morgan fingerprint density at radius 2 is 1.83 bits per heavy atom. The summed E-state index contributed by atoms with van der Waals surface area (Å²) in [7, 11) is 5.84. The molecule has 1 saturated heterocycles. The second-order valence-corrected chi connectivity index (χ2v) is 6.32. The Bertz CT molecular complexity index is 513. The van der Waals surface area contributed by atoms with E-state index in [1.165, 1.54) is 25.7 Å². The van der Waals surface area contributed by atoms with Crippen molar-refractivity contribution in [2.24, 2.45) is 10.7 Å². The summed E-state index contributed by atoms with van der Waals surface area (Å²) in [5.41, 5.74) is 7.39. The number of rotatable bonds is 5. The van der Waals surface area contributed by atoms with Gasteiger partial charge in [0, 0.05) is 18.7 Å². The number of nitrogens with two attached hydrogens (primary N) is 1. The summed E-state index contributed by atoms with van der Waals surface area (Å²) >= 11 is 0. The quantitative estimate of drug-likeness (QED) is 0.429. The van der Waals surface area contributed by atoms with E-state index in [4.69, 9.17) is 10.5 Å². The third-order valence-corrected chi connectivity index (χ3v) is 4.48. The molecule has 0 radical (unpaired) electrons. The third kappa shape index (κ3) is 5.81. The summed E-state index contributed by atoms with van der Waals surface area (Å²) in [4.78, 5) is 9.07. The standard InChI is InChI=1S/C18H30N4O.HI/c1-21(2)16(15-10-6-7-11-17(15)23-3)14-20-18(19)22-12-8-4-5-9-13-22;/h6-7,10-11,16H,4-5,8-9,12-14H2,1-3H3,(H2,19,20);1H. The van der Waals surface area contributed by atoms with Gasteiger partial charge in [-0.15, -0.1) is 24.0 Å². The van der Waals surface area contributed by atoms with Crippen molar-refractivity contribution in [1.29, 1.82) is 0 Å². The van der Waals surface area contributed by atoms with Crippen molar-refractivity contribution in [3.8, 4) is 5.75 Å². The maximum atomic E-state index is 6.24. The van der Waals surface area contributed by atoms with Gasteiger partial charge in [-0.25, -0.2) is 0 Å². The number of hydrogen-bond donors (Lipinski definition) is 1. The van der Waals surface area contributed by atoms with Crippen LogP contribution in [0.2, 0.25) is 0 Å². The number of benzene rings is 1. The van der Waals surface area contributed by atoms with Gasteiger partial charge < -0.3 is 20.3 Å². The molecule has 0 spiro atoms. The van der Waals surface area contributed by atoms with Crippen molar-refractivity contribution in [2.45, 2.75) is 31.7 Å². The highest BCUT2D eigenvalue weighted by molar-refractivity contribution is 14.0. The van der Waals surface area contributed by atoms with E-state index in [1.807, 2.05) is 18.2 Å². The number of para-hydroxylation sites is 1. The minimum atomic E-state index is 0. The molecule has 0 bridgehead atoms. The van der Waals surface area contributed by atoms with Crippen LogP contribution >= 0.6 is 24.0 Å². The summed E-state index contributed by atoms with van der Waals surface area (Å²) in [6, 6.07) is 8.27. The molecule has 136 valence electrons. The van der Waals surface area contributed by atoms with Crippen LogP contribution in [0.25, 0.3) is 0 Å². The van der Waals surface area contributed by atoms with E-state index >= 15 is 0 Å². The highest BCUT2D eigenvalue weighted by Gasteiger charge is 2.19. The lowest BCUT2D eigenvalue weighted by molar-refractivity contribution is 0.294. The Morgan fingerprint density at radius 3 is 2.42 bits per heavy atom. The van der Waals surface area contributed by atoms with Crippen molar-refractivity contribution in [2.75, 3.05) is 40.8 Å². The second-order valence-electron chi connectivity index (χ2n) is 6.32. The van der Waals surface area contributed by atoms with Gasteiger partial charge in [0.05, 0.1) is 19.7 Å². The minimum Gasteiger partial charge on any atom is -0.496 e. The number of hydrogen-bond acceptors (Lipinski definition) is 3. The zero-order valence-corrected chi connectivity index (χ0v) is 17.4. The number of nitrogens with zero attached hydrogens (tertiary/aromatic N) is 3.